The predicted molar refractivity (Wildman–Crippen MR) is 76.5 cm³/mol. The van der Waals surface area contributed by atoms with Crippen LogP contribution in [0.15, 0.2) is 54.6 Å². The van der Waals surface area contributed by atoms with Gasteiger partial charge in [-0.15, -0.1) is 5.10 Å². The van der Waals surface area contributed by atoms with Crippen molar-refractivity contribution in [3.63, 3.8) is 0 Å². The van der Waals surface area contributed by atoms with Crippen molar-refractivity contribution in [2.45, 2.75) is 6.92 Å². The fraction of sp³-hybridized carbons (Fsp3) is 0.0667. The molecule has 1 aromatic heterocycles. The minimum absolute atomic E-state index is 0.252. The lowest BCUT2D eigenvalue weighted by Crippen LogP contribution is -2.00. The number of benzene rings is 2. The molecule has 2 aromatic carbocycles. The summed E-state index contributed by atoms with van der Waals surface area (Å²) in [5, 5.41) is 4.52. The summed E-state index contributed by atoms with van der Waals surface area (Å²) in [5.74, 6) is 0.759. The lowest BCUT2D eigenvalue weighted by Gasteiger charge is -2.07. The third-order valence-corrected chi connectivity index (χ3v) is 3.13. The minimum Gasteiger partial charge on any atom is -0.212 e. The number of aryl methyl sites for hydroxylation is 1. The van der Waals surface area contributed by atoms with Crippen LogP contribution in [0.1, 0.15) is 5.56 Å². The van der Waals surface area contributed by atoms with Crippen molar-refractivity contribution in [1.82, 2.24) is 14.8 Å². The first kappa shape index (κ1) is 11.9. The van der Waals surface area contributed by atoms with E-state index in [-0.39, 0.29) is 5.28 Å². The summed E-state index contributed by atoms with van der Waals surface area (Å²) in [6.45, 7) is 2.05. The Labute approximate surface area is 116 Å². The highest BCUT2D eigenvalue weighted by molar-refractivity contribution is 6.28. The second kappa shape index (κ2) is 4.86. The zero-order chi connectivity index (χ0) is 13.2. The Morgan fingerprint density at radius 1 is 0.947 bits per heavy atom. The van der Waals surface area contributed by atoms with E-state index in [1.807, 2.05) is 61.5 Å². The molecule has 1 heterocycles. The van der Waals surface area contributed by atoms with E-state index in [1.54, 1.807) is 4.68 Å². The Kier molecular flexibility index (Phi) is 3.05. The van der Waals surface area contributed by atoms with E-state index < -0.39 is 0 Å². The van der Waals surface area contributed by atoms with Crippen molar-refractivity contribution in [1.29, 1.82) is 0 Å². The van der Waals surface area contributed by atoms with Crippen molar-refractivity contribution < 1.29 is 0 Å². The average Bonchev–Trinajstić information content (AvgIpc) is 2.82. The standard InChI is InChI=1S/C15H12ClN3/c1-11-7-5-6-10-13(11)14-17-15(16)18-19(14)12-8-3-2-4-9-12/h2-10H,1H3. The van der Waals surface area contributed by atoms with Gasteiger partial charge in [-0.2, -0.15) is 4.98 Å². The van der Waals surface area contributed by atoms with E-state index in [0.717, 1.165) is 22.6 Å². The molecule has 0 radical (unpaired) electrons. The first-order valence-corrected chi connectivity index (χ1v) is 6.37. The van der Waals surface area contributed by atoms with Gasteiger partial charge in [0.15, 0.2) is 5.82 Å². The minimum atomic E-state index is 0.252. The maximum atomic E-state index is 5.97. The van der Waals surface area contributed by atoms with Crippen LogP contribution < -0.4 is 0 Å². The van der Waals surface area contributed by atoms with Gasteiger partial charge < -0.3 is 0 Å². The zero-order valence-corrected chi connectivity index (χ0v) is 11.2. The number of hydrogen-bond acceptors (Lipinski definition) is 2. The fourth-order valence-corrected chi connectivity index (χ4v) is 2.19. The molecule has 0 bridgehead atoms. The quantitative estimate of drug-likeness (QED) is 0.706. The number of halogens is 1. The van der Waals surface area contributed by atoms with Crippen LogP contribution in [-0.2, 0) is 0 Å². The molecule has 3 nitrogen and oxygen atoms in total. The maximum Gasteiger partial charge on any atom is 0.243 e. The van der Waals surface area contributed by atoms with E-state index in [0.29, 0.717) is 0 Å². The van der Waals surface area contributed by atoms with Crippen LogP contribution in [0.3, 0.4) is 0 Å². The molecule has 0 saturated carbocycles. The zero-order valence-electron chi connectivity index (χ0n) is 10.4. The van der Waals surface area contributed by atoms with Crippen molar-refractivity contribution >= 4 is 11.6 Å². The first-order chi connectivity index (χ1) is 9.25. The van der Waals surface area contributed by atoms with Crippen molar-refractivity contribution in [3.8, 4) is 17.1 Å². The molecule has 0 saturated heterocycles. The highest BCUT2D eigenvalue weighted by Crippen LogP contribution is 2.25. The molecule has 0 atom stereocenters. The molecule has 0 aliphatic carbocycles. The van der Waals surface area contributed by atoms with Gasteiger partial charge >= 0.3 is 0 Å². The molecule has 94 valence electrons. The van der Waals surface area contributed by atoms with Crippen molar-refractivity contribution in [2.75, 3.05) is 0 Å². The molecule has 4 heteroatoms. The van der Waals surface area contributed by atoms with Gasteiger partial charge in [0.05, 0.1) is 5.69 Å². The maximum absolute atomic E-state index is 5.97. The number of hydrogen-bond donors (Lipinski definition) is 0. The van der Waals surface area contributed by atoms with Gasteiger partial charge in [-0.25, -0.2) is 4.68 Å². The summed E-state index contributed by atoms with van der Waals surface area (Å²) in [5.41, 5.74) is 3.12. The third kappa shape index (κ3) is 2.25. The van der Waals surface area contributed by atoms with E-state index in [1.165, 1.54) is 0 Å². The molecule has 0 N–H and O–H groups in total. The van der Waals surface area contributed by atoms with Crippen LogP contribution in [0.2, 0.25) is 5.28 Å². The van der Waals surface area contributed by atoms with Crippen LogP contribution in [0.25, 0.3) is 17.1 Å². The molecular weight excluding hydrogens is 258 g/mol. The first-order valence-electron chi connectivity index (χ1n) is 6.00. The Balaban J connectivity index is 2.21. The van der Waals surface area contributed by atoms with Gasteiger partial charge in [0, 0.05) is 5.56 Å². The summed E-state index contributed by atoms with van der Waals surface area (Å²) in [6.07, 6.45) is 0. The highest BCUT2D eigenvalue weighted by atomic mass is 35.5. The summed E-state index contributed by atoms with van der Waals surface area (Å²) in [6, 6.07) is 17.9. The lowest BCUT2D eigenvalue weighted by molar-refractivity contribution is 0.886. The smallest absolute Gasteiger partial charge is 0.212 e. The van der Waals surface area contributed by atoms with Gasteiger partial charge in [0.2, 0.25) is 5.28 Å². The summed E-state index contributed by atoms with van der Waals surface area (Å²) < 4.78 is 1.77. The van der Waals surface area contributed by atoms with Gasteiger partial charge in [0.25, 0.3) is 0 Å². The van der Waals surface area contributed by atoms with E-state index in [9.17, 15) is 0 Å². The van der Waals surface area contributed by atoms with Gasteiger partial charge in [-0.3, -0.25) is 0 Å². The molecule has 3 aromatic rings. The second-order valence-electron chi connectivity index (χ2n) is 4.27. The van der Waals surface area contributed by atoms with E-state index >= 15 is 0 Å². The number of nitrogens with zero attached hydrogens (tertiary/aromatic N) is 3. The third-order valence-electron chi connectivity index (χ3n) is 2.97. The SMILES string of the molecule is Cc1ccccc1-c1nc(Cl)nn1-c1ccccc1. The average molecular weight is 270 g/mol. The van der Waals surface area contributed by atoms with E-state index in [2.05, 4.69) is 10.1 Å². The lowest BCUT2D eigenvalue weighted by atomic mass is 10.1. The van der Waals surface area contributed by atoms with Crippen LogP contribution in [0.5, 0.6) is 0 Å². The molecule has 3 rings (SSSR count). The van der Waals surface area contributed by atoms with Crippen molar-refractivity contribution in [3.05, 3.63) is 65.4 Å². The Morgan fingerprint density at radius 3 is 2.37 bits per heavy atom. The number of rotatable bonds is 2. The fourth-order valence-electron chi connectivity index (χ4n) is 2.03. The predicted octanol–water partition coefficient (Wildman–Crippen LogP) is 3.90. The van der Waals surface area contributed by atoms with Crippen molar-refractivity contribution in [2.24, 2.45) is 0 Å². The molecule has 0 amide bonds. The normalized spacial score (nSPS) is 10.6. The van der Waals surface area contributed by atoms with Crippen LogP contribution in [0, 0.1) is 6.92 Å². The molecule has 0 spiro atoms. The summed E-state index contributed by atoms with van der Waals surface area (Å²) in [7, 11) is 0. The van der Waals surface area contributed by atoms with Crippen LogP contribution in [0.4, 0.5) is 0 Å². The van der Waals surface area contributed by atoms with E-state index in [4.69, 9.17) is 11.6 Å². The Bertz CT molecular complexity index is 704. The molecule has 0 unspecified atom stereocenters. The Morgan fingerprint density at radius 2 is 1.63 bits per heavy atom. The number of para-hydroxylation sites is 1. The molecule has 0 aliphatic heterocycles. The molecule has 0 fully saturated rings. The summed E-state index contributed by atoms with van der Waals surface area (Å²) in [4.78, 5) is 4.34. The second-order valence-corrected chi connectivity index (χ2v) is 4.60. The van der Waals surface area contributed by atoms with Crippen LogP contribution >= 0.6 is 11.6 Å². The molecular formula is C15H12ClN3. The van der Waals surface area contributed by atoms with Gasteiger partial charge in [-0.1, -0.05) is 42.5 Å². The molecule has 0 aliphatic rings. The summed E-state index contributed by atoms with van der Waals surface area (Å²) >= 11 is 5.97. The number of aromatic nitrogens is 3. The highest BCUT2D eigenvalue weighted by Gasteiger charge is 2.13. The largest absolute Gasteiger partial charge is 0.243 e. The van der Waals surface area contributed by atoms with Gasteiger partial charge in [-0.05, 0) is 36.2 Å². The monoisotopic (exact) mass is 269 g/mol. The molecule has 19 heavy (non-hydrogen) atoms. The Hall–Kier alpha value is -2.13. The van der Waals surface area contributed by atoms with Crippen LogP contribution in [-0.4, -0.2) is 14.8 Å². The topological polar surface area (TPSA) is 30.7 Å². The van der Waals surface area contributed by atoms with Gasteiger partial charge in [0.1, 0.15) is 0 Å².